The van der Waals surface area contributed by atoms with Gasteiger partial charge in [0.15, 0.2) is 5.71 Å². The van der Waals surface area contributed by atoms with E-state index >= 15 is 0 Å². The molecule has 3 aromatic rings. The number of benzene rings is 3. The third-order valence-corrected chi connectivity index (χ3v) is 4.84. The Labute approximate surface area is 164 Å². The molecule has 0 fully saturated rings. The first kappa shape index (κ1) is 17.9. The van der Waals surface area contributed by atoms with Gasteiger partial charge in [-0.2, -0.15) is 5.10 Å². The van der Waals surface area contributed by atoms with Crippen molar-refractivity contribution >= 4 is 17.3 Å². The van der Waals surface area contributed by atoms with Gasteiger partial charge in [0.1, 0.15) is 0 Å². The zero-order valence-corrected chi connectivity index (χ0v) is 15.5. The van der Waals surface area contributed by atoms with Crippen molar-refractivity contribution in [2.45, 2.75) is 19.6 Å². The molecule has 0 radical (unpaired) electrons. The number of hydrogen-bond donors (Lipinski definition) is 2. The van der Waals surface area contributed by atoms with Crippen LogP contribution in [-0.4, -0.2) is 16.5 Å². The number of carbonyl (C=O) groups is 1. The number of carbonyl (C=O) groups excluding carboxylic acids is 1. The molecule has 0 aromatic heterocycles. The fraction of sp³-hybridized carbons (Fsp3) is 0.130. The molecule has 0 aliphatic carbocycles. The van der Waals surface area contributed by atoms with E-state index in [-0.39, 0.29) is 11.6 Å². The maximum Gasteiger partial charge on any atom is 0.276 e. The summed E-state index contributed by atoms with van der Waals surface area (Å²) in [7, 11) is 0. The summed E-state index contributed by atoms with van der Waals surface area (Å²) in [5, 5.41) is 6.45. The molecule has 0 unspecified atom stereocenters. The summed E-state index contributed by atoms with van der Waals surface area (Å²) in [4.78, 5) is 14.3. The Morgan fingerprint density at radius 1 is 0.786 bits per heavy atom. The largest absolute Gasteiger partial charge is 0.322 e. The van der Waals surface area contributed by atoms with Crippen LogP contribution in [0.3, 0.4) is 0 Å². The van der Waals surface area contributed by atoms with E-state index in [0.717, 1.165) is 36.4 Å². The summed E-state index contributed by atoms with van der Waals surface area (Å²) < 4.78 is 0. The highest BCUT2D eigenvalue weighted by Gasteiger charge is 2.26. The topological polar surface area (TPSA) is 70.7 Å². The van der Waals surface area contributed by atoms with Crippen LogP contribution < -0.4 is 11.2 Å². The minimum absolute atomic E-state index is 0.250. The third-order valence-electron chi connectivity index (χ3n) is 4.84. The summed E-state index contributed by atoms with van der Waals surface area (Å²) in [5.41, 5.74) is 5.48. The van der Waals surface area contributed by atoms with Crippen LogP contribution in [0.1, 0.15) is 22.3 Å². The van der Waals surface area contributed by atoms with Gasteiger partial charge in [-0.1, -0.05) is 72.8 Å². The molecular formula is C23H22N4O. The smallest absolute Gasteiger partial charge is 0.276 e. The van der Waals surface area contributed by atoms with Gasteiger partial charge in [-0.25, -0.2) is 0 Å². The summed E-state index contributed by atoms with van der Waals surface area (Å²) in [6.45, 7) is 2.45. The number of nitrogens with zero attached hydrogens (tertiary/aromatic N) is 2. The van der Waals surface area contributed by atoms with Gasteiger partial charge < -0.3 is 11.2 Å². The number of rotatable bonds is 6. The van der Waals surface area contributed by atoms with Crippen molar-refractivity contribution in [3.05, 3.63) is 101 Å². The monoisotopic (exact) mass is 370 g/mol. The first-order chi connectivity index (χ1) is 13.7. The van der Waals surface area contributed by atoms with E-state index in [9.17, 15) is 4.79 Å². The van der Waals surface area contributed by atoms with Crippen LogP contribution in [0, 0.1) is 0 Å². The van der Waals surface area contributed by atoms with Crippen LogP contribution in [0.25, 0.3) is 0 Å². The maximum absolute atomic E-state index is 11.9. The molecule has 0 bridgehead atoms. The lowest BCUT2D eigenvalue weighted by Crippen LogP contribution is -2.22. The van der Waals surface area contributed by atoms with Gasteiger partial charge in [0.2, 0.25) is 0 Å². The Bertz CT molecular complexity index is 958. The summed E-state index contributed by atoms with van der Waals surface area (Å²) in [6.07, 6.45) is 0. The molecule has 0 saturated heterocycles. The molecule has 1 amide bonds. The highest BCUT2D eigenvalue weighted by Crippen LogP contribution is 2.26. The van der Waals surface area contributed by atoms with Crippen LogP contribution in [0.5, 0.6) is 0 Å². The van der Waals surface area contributed by atoms with E-state index in [1.54, 1.807) is 0 Å². The average Bonchev–Trinajstić information content (AvgIpc) is 3.03. The molecule has 1 heterocycles. The Morgan fingerprint density at radius 2 is 1.36 bits per heavy atom. The molecule has 1 aliphatic rings. The minimum atomic E-state index is -0.250. The number of amides is 1. The predicted molar refractivity (Wildman–Crippen MR) is 112 cm³/mol. The average molecular weight is 370 g/mol. The van der Waals surface area contributed by atoms with Crippen molar-refractivity contribution in [1.29, 1.82) is 0 Å². The molecule has 5 heteroatoms. The zero-order chi connectivity index (χ0) is 19.3. The molecule has 0 spiro atoms. The summed E-state index contributed by atoms with van der Waals surface area (Å²) >= 11 is 0. The highest BCUT2D eigenvalue weighted by atomic mass is 16.2. The second-order valence-corrected chi connectivity index (χ2v) is 6.93. The lowest BCUT2D eigenvalue weighted by atomic mass is 10.1. The predicted octanol–water partition coefficient (Wildman–Crippen LogP) is 3.50. The Morgan fingerprint density at radius 3 is 1.93 bits per heavy atom. The van der Waals surface area contributed by atoms with E-state index in [0.29, 0.717) is 0 Å². The number of fused-ring (bicyclic) bond motifs is 1. The van der Waals surface area contributed by atoms with E-state index in [1.165, 1.54) is 11.1 Å². The molecule has 3 N–H and O–H groups in total. The van der Waals surface area contributed by atoms with Crippen LogP contribution in [0.4, 0.5) is 5.69 Å². The lowest BCUT2D eigenvalue weighted by molar-refractivity contribution is -0.110. The summed E-state index contributed by atoms with van der Waals surface area (Å²) in [6, 6.07) is 26.9. The van der Waals surface area contributed by atoms with Crippen molar-refractivity contribution in [2.75, 3.05) is 5.32 Å². The van der Waals surface area contributed by atoms with E-state index < -0.39 is 0 Å². The zero-order valence-electron chi connectivity index (χ0n) is 15.5. The number of hydrazone groups is 1. The van der Waals surface area contributed by atoms with Gasteiger partial charge in [-0.05, 0) is 22.8 Å². The van der Waals surface area contributed by atoms with Gasteiger partial charge in [0, 0.05) is 25.2 Å². The van der Waals surface area contributed by atoms with Crippen LogP contribution in [-0.2, 0) is 24.4 Å². The van der Waals surface area contributed by atoms with Gasteiger partial charge in [-0.3, -0.25) is 9.69 Å². The van der Waals surface area contributed by atoms with E-state index in [1.807, 2.05) is 30.3 Å². The van der Waals surface area contributed by atoms with Gasteiger partial charge >= 0.3 is 0 Å². The van der Waals surface area contributed by atoms with Crippen LogP contribution in [0.2, 0.25) is 0 Å². The lowest BCUT2D eigenvalue weighted by Gasteiger charge is -2.23. The second-order valence-electron chi connectivity index (χ2n) is 6.93. The number of nitrogens with two attached hydrogens (primary N) is 1. The third kappa shape index (κ3) is 3.94. The number of nitrogens with one attached hydrogen (secondary N) is 1. The Balaban J connectivity index is 1.57. The molecule has 1 aliphatic heterocycles. The fourth-order valence-electron chi connectivity index (χ4n) is 3.54. The van der Waals surface area contributed by atoms with E-state index in [2.05, 4.69) is 63.8 Å². The molecule has 3 aromatic carbocycles. The molecule has 0 atom stereocenters. The van der Waals surface area contributed by atoms with Crippen molar-refractivity contribution in [2.24, 2.45) is 10.9 Å². The molecule has 5 nitrogen and oxygen atoms in total. The minimum Gasteiger partial charge on any atom is -0.322 e. The molecule has 28 heavy (non-hydrogen) atoms. The first-order valence-corrected chi connectivity index (χ1v) is 9.25. The van der Waals surface area contributed by atoms with Crippen molar-refractivity contribution in [1.82, 2.24) is 4.90 Å². The van der Waals surface area contributed by atoms with E-state index in [4.69, 9.17) is 5.84 Å². The fourth-order valence-corrected chi connectivity index (χ4v) is 3.54. The maximum atomic E-state index is 11.9. The van der Waals surface area contributed by atoms with Crippen molar-refractivity contribution in [3.8, 4) is 0 Å². The molecule has 140 valence electrons. The second kappa shape index (κ2) is 8.06. The SMILES string of the molecule is NN=C1C(=O)Nc2cc(CN(Cc3ccccc3)Cc3ccccc3)ccc21. The standard InChI is InChI=1S/C23H22N4O/c24-26-22-20-12-11-19(13-21(20)25-23(22)28)16-27(14-17-7-3-1-4-8-17)15-18-9-5-2-6-10-18/h1-13H,14-16,24H2,(H,25,26,28). The Hall–Kier alpha value is -3.44. The molecule has 0 saturated carbocycles. The van der Waals surface area contributed by atoms with Crippen LogP contribution >= 0.6 is 0 Å². The number of hydrogen-bond acceptors (Lipinski definition) is 4. The van der Waals surface area contributed by atoms with Gasteiger partial charge in [0.05, 0.1) is 5.69 Å². The highest BCUT2D eigenvalue weighted by molar-refractivity contribution is 6.53. The molecular weight excluding hydrogens is 348 g/mol. The first-order valence-electron chi connectivity index (χ1n) is 9.25. The van der Waals surface area contributed by atoms with Crippen molar-refractivity contribution < 1.29 is 4.79 Å². The Kier molecular flexibility index (Phi) is 5.17. The summed E-state index contributed by atoms with van der Waals surface area (Å²) in [5.74, 6) is 5.10. The quantitative estimate of drug-likeness (QED) is 0.515. The normalized spacial score (nSPS) is 14.3. The van der Waals surface area contributed by atoms with Crippen LogP contribution in [0.15, 0.2) is 84.0 Å². The van der Waals surface area contributed by atoms with Gasteiger partial charge in [-0.15, -0.1) is 0 Å². The number of anilines is 1. The van der Waals surface area contributed by atoms with Gasteiger partial charge in [0.25, 0.3) is 5.91 Å². The van der Waals surface area contributed by atoms with Crippen molar-refractivity contribution in [3.63, 3.8) is 0 Å². The molecule has 4 rings (SSSR count).